The number of nitrogens with zero attached hydrogens (tertiary/aromatic N) is 2. The molecule has 0 radical (unpaired) electrons. The van der Waals surface area contributed by atoms with E-state index in [0.717, 1.165) is 18.4 Å². The fraction of sp³-hybridized carbons (Fsp3) is 0.625. The Morgan fingerprint density at radius 1 is 1.52 bits per heavy atom. The molecule has 1 atom stereocenters. The predicted molar refractivity (Wildman–Crippen MR) is 78.6 cm³/mol. The lowest BCUT2D eigenvalue weighted by molar-refractivity contribution is -0.176. The molecule has 1 amide bonds. The average Bonchev–Trinajstić information content (AvgIpc) is 2.44. The van der Waals surface area contributed by atoms with Crippen molar-refractivity contribution in [2.75, 3.05) is 20.2 Å². The molecule has 0 bridgehead atoms. The van der Waals surface area contributed by atoms with Gasteiger partial charge in [0.25, 0.3) is 5.91 Å². The lowest BCUT2D eigenvalue weighted by Gasteiger charge is -2.50. The number of carbonyl (C=O) groups is 1. The third-order valence-electron chi connectivity index (χ3n) is 4.37. The largest absolute Gasteiger partial charge is 0.494 e. The lowest BCUT2D eigenvalue weighted by Crippen LogP contribution is -2.59. The molecule has 5 nitrogen and oxygen atoms in total. The lowest BCUT2D eigenvalue weighted by atomic mass is 9.78. The van der Waals surface area contributed by atoms with Gasteiger partial charge in [0.15, 0.2) is 5.69 Å². The van der Waals surface area contributed by atoms with Gasteiger partial charge in [0.2, 0.25) is 0 Å². The van der Waals surface area contributed by atoms with Crippen molar-refractivity contribution >= 4 is 5.91 Å². The minimum atomic E-state index is -0.120. The Morgan fingerprint density at radius 3 is 2.90 bits per heavy atom. The quantitative estimate of drug-likeness (QED) is 0.837. The molecule has 2 aliphatic rings. The normalized spacial score (nSPS) is 23.8. The first-order valence-corrected chi connectivity index (χ1v) is 7.51. The maximum atomic E-state index is 12.8. The van der Waals surface area contributed by atoms with Crippen molar-refractivity contribution in [3.05, 3.63) is 23.5 Å². The Morgan fingerprint density at radius 2 is 2.29 bits per heavy atom. The van der Waals surface area contributed by atoms with Gasteiger partial charge in [-0.1, -0.05) is 0 Å². The fourth-order valence-corrected chi connectivity index (χ4v) is 3.23. The van der Waals surface area contributed by atoms with E-state index in [0.29, 0.717) is 24.5 Å². The number of aromatic nitrogens is 1. The van der Waals surface area contributed by atoms with E-state index in [4.69, 9.17) is 9.47 Å². The van der Waals surface area contributed by atoms with Crippen molar-refractivity contribution in [3.8, 4) is 5.75 Å². The van der Waals surface area contributed by atoms with Gasteiger partial charge in [-0.2, -0.15) is 0 Å². The molecule has 1 saturated carbocycles. The first kappa shape index (κ1) is 14.3. The van der Waals surface area contributed by atoms with Crippen molar-refractivity contribution in [3.63, 3.8) is 0 Å². The molecule has 3 rings (SSSR count). The van der Waals surface area contributed by atoms with Crippen LogP contribution in [-0.4, -0.2) is 47.7 Å². The topological polar surface area (TPSA) is 51.7 Å². The molecule has 1 aliphatic heterocycles. The maximum Gasteiger partial charge on any atom is 0.276 e. The Balaban J connectivity index is 1.84. The van der Waals surface area contributed by atoms with E-state index in [1.807, 2.05) is 24.8 Å². The number of amides is 1. The first-order valence-electron chi connectivity index (χ1n) is 7.51. The maximum absolute atomic E-state index is 12.8. The van der Waals surface area contributed by atoms with Gasteiger partial charge in [-0.05, 0) is 44.7 Å². The van der Waals surface area contributed by atoms with E-state index in [2.05, 4.69) is 4.98 Å². The molecule has 1 aromatic rings. The summed E-state index contributed by atoms with van der Waals surface area (Å²) in [5.74, 6) is 0.482. The number of carbonyl (C=O) groups excluding carboxylic acids is 1. The zero-order valence-electron chi connectivity index (χ0n) is 12.9. The Kier molecular flexibility index (Phi) is 3.61. The number of hydrogen-bond donors (Lipinski definition) is 0. The molecule has 114 valence electrons. The van der Waals surface area contributed by atoms with Crippen molar-refractivity contribution < 1.29 is 14.3 Å². The van der Waals surface area contributed by atoms with E-state index in [1.54, 1.807) is 13.3 Å². The minimum Gasteiger partial charge on any atom is -0.494 e. The van der Waals surface area contributed by atoms with Crippen LogP contribution in [0.5, 0.6) is 5.75 Å². The van der Waals surface area contributed by atoms with Crippen LogP contribution in [0.25, 0.3) is 0 Å². The van der Waals surface area contributed by atoms with Crippen LogP contribution in [0.1, 0.15) is 42.2 Å². The predicted octanol–water partition coefficient (Wildman–Crippen LogP) is 2.18. The van der Waals surface area contributed by atoms with Crippen LogP contribution in [0, 0.1) is 6.92 Å². The highest BCUT2D eigenvalue weighted by molar-refractivity contribution is 5.95. The van der Waals surface area contributed by atoms with Gasteiger partial charge in [0.05, 0.1) is 25.4 Å². The Labute approximate surface area is 125 Å². The van der Waals surface area contributed by atoms with Crippen LogP contribution in [0.4, 0.5) is 0 Å². The van der Waals surface area contributed by atoms with Crippen LogP contribution < -0.4 is 4.74 Å². The number of rotatable bonds is 2. The molecular formula is C16H22N2O3. The summed E-state index contributed by atoms with van der Waals surface area (Å²) in [6.45, 7) is 5.23. The van der Waals surface area contributed by atoms with Crippen LogP contribution in [0.2, 0.25) is 0 Å². The summed E-state index contributed by atoms with van der Waals surface area (Å²) in [4.78, 5) is 18.9. The minimum absolute atomic E-state index is 0.0618. The van der Waals surface area contributed by atoms with E-state index in [9.17, 15) is 4.79 Å². The summed E-state index contributed by atoms with van der Waals surface area (Å²) in [6, 6.07) is 1.85. The number of pyridine rings is 1. The second-order valence-corrected chi connectivity index (χ2v) is 6.21. The molecule has 0 N–H and O–H groups in total. The van der Waals surface area contributed by atoms with Gasteiger partial charge in [-0.25, -0.2) is 4.98 Å². The average molecular weight is 290 g/mol. The highest BCUT2D eigenvalue weighted by atomic mass is 16.5. The van der Waals surface area contributed by atoms with Crippen LogP contribution in [0.15, 0.2) is 12.3 Å². The van der Waals surface area contributed by atoms with Crippen LogP contribution in [0.3, 0.4) is 0 Å². The van der Waals surface area contributed by atoms with Crippen molar-refractivity contribution in [1.29, 1.82) is 0 Å². The molecule has 0 aromatic carbocycles. The molecule has 2 fully saturated rings. The van der Waals surface area contributed by atoms with E-state index in [-0.39, 0.29) is 17.6 Å². The highest BCUT2D eigenvalue weighted by Gasteiger charge is 2.45. The van der Waals surface area contributed by atoms with Gasteiger partial charge >= 0.3 is 0 Å². The molecule has 1 unspecified atom stereocenters. The smallest absolute Gasteiger partial charge is 0.276 e. The number of ether oxygens (including phenoxy) is 2. The van der Waals surface area contributed by atoms with Crippen molar-refractivity contribution in [2.45, 2.75) is 44.8 Å². The van der Waals surface area contributed by atoms with Gasteiger partial charge in [0.1, 0.15) is 5.75 Å². The zero-order chi connectivity index (χ0) is 15.0. The first-order chi connectivity index (χ1) is 10.0. The summed E-state index contributed by atoms with van der Waals surface area (Å²) < 4.78 is 11.4. The van der Waals surface area contributed by atoms with Crippen LogP contribution in [-0.2, 0) is 4.74 Å². The molecule has 1 saturated heterocycles. The van der Waals surface area contributed by atoms with Gasteiger partial charge in [-0.15, -0.1) is 0 Å². The number of aryl methyl sites for hydroxylation is 1. The zero-order valence-corrected chi connectivity index (χ0v) is 12.9. The Hall–Kier alpha value is -1.62. The van der Waals surface area contributed by atoms with E-state index in [1.165, 1.54) is 6.42 Å². The second-order valence-electron chi connectivity index (χ2n) is 6.21. The molecule has 2 heterocycles. The molecule has 1 spiro atoms. The monoisotopic (exact) mass is 290 g/mol. The third kappa shape index (κ3) is 2.62. The summed E-state index contributed by atoms with van der Waals surface area (Å²) >= 11 is 0. The summed E-state index contributed by atoms with van der Waals surface area (Å²) in [5.41, 5.74) is 1.26. The molecule has 1 aliphatic carbocycles. The third-order valence-corrected chi connectivity index (χ3v) is 4.37. The van der Waals surface area contributed by atoms with Crippen LogP contribution >= 0.6 is 0 Å². The van der Waals surface area contributed by atoms with Gasteiger partial charge in [-0.3, -0.25) is 4.79 Å². The van der Waals surface area contributed by atoms with Crippen molar-refractivity contribution in [1.82, 2.24) is 9.88 Å². The van der Waals surface area contributed by atoms with Crippen molar-refractivity contribution in [2.24, 2.45) is 0 Å². The molecule has 21 heavy (non-hydrogen) atoms. The summed E-state index contributed by atoms with van der Waals surface area (Å²) in [5, 5.41) is 0. The molecular weight excluding hydrogens is 268 g/mol. The highest BCUT2D eigenvalue weighted by Crippen LogP contribution is 2.40. The number of methoxy groups -OCH3 is 1. The SMILES string of the molecule is COc1cc(C)cnc1C(=O)N1CC(C)OC2(CCC2)C1. The molecule has 1 aromatic heterocycles. The summed E-state index contributed by atoms with van der Waals surface area (Å²) in [7, 11) is 1.57. The number of hydrogen-bond acceptors (Lipinski definition) is 4. The summed E-state index contributed by atoms with van der Waals surface area (Å²) in [6.07, 6.45) is 5.04. The van der Waals surface area contributed by atoms with Gasteiger partial charge in [0, 0.05) is 12.7 Å². The van der Waals surface area contributed by atoms with Gasteiger partial charge < -0.3 is 14.4 Å². The Bertz CT molecular complexity index is 554. The molecule has 5 heteroatoms. The van der Waals surface area contributed by atoms with E-state index < -0.39 is 0 Å². The standard InChI is InChI=1S/C16H22N2O3/c1-11-7-13(20-3)14(17-8-11)15(19)18-9-12(2)21-16(10-18)5-4-6-16/h7-8,12H,4-6,9-10H2,1-3H3. The second kappa shape index (κ2) is 5.30. The van der Waals surface area contributed by atoms with E-state index >= 15 is 0 Å². The fourth-order valence-electron chi connectivity index (χ4n) is 3.23. The number of morpholine rings is 1.